The van der Waals surface area contributed by atoms with Gasteiger partial charge in [0.25, 0.3) is 0 Å². The third kappa shape index (κ3) is 3.02. The van der Waals surface area contributed by atoms with Crippen LogP contribution in [-0.4, -0.2) is 11.7 Å². The van der Waals surface area contributed by atoms with Crippen LogP contribution in [0.4, 0.5) is 17.1 Å². The predicted octanol–water partition coefficient (Wildman–Crippen LogP) is 2.86. The molecule has 0 aromatic heterocycles. The van der Waals surface area contributed by atoms with Crippen LogP contribution in [0.25, 0.3) is 0 Å². The van der Waals surface area contributed by atoms with Gasteiger partial charge >= 0.3 is 0 Å². The van der Waals surface area contributed by atoms with E-state index in [1.807, 2.05) is 49.4 Å². The van der Waals surface area contributed by atoms with Crippen molar-refractivity contribution in [3.63, 3.8) is 0 Å². The molecule has 0 unspecified atom stereocenters. The van der Waals surface area contributed by atoms with Crippen molar-refractivity contribution in [1.29, 1.82) is 0 Å². The van der Waals surface area contributed by atoms with Crippen LogP contribution in [-0.2, 0) is 6.42 Å². The Hall–Kier alpha value is -2.00. The first-order valence-corrected chi connectivity index (χ1v) is 6.02. The second-order valence-corrected chi connectivity index (χ2v) is 4.39. The van der Waals surface area contributed by atoms with E-state index in [1.54, 1.807) is 0 Å². The summed E-state index contributed by atoms with van der Waals surface area (Å²) in [5.74, 6) is 0. The van der Waals surface area contributed by atoms with E-state index in [0.29, 0.717) is 6.42 Å². The fourth-order valence-electron chi connectivity index (χ4n) is 1.84. The zero-order valence-electron chi connectivity index (χ0n) is 10.5. The number of nitrogens with two attached hydrogens (primary N) is 1. The van der Waals surface area contributed by atoms with Crippen molar-refractivity contribution >= 4 is 17.1 Å². The molecule has 2 aromatic rings. The van der Waals surface area contributed by atoms with E-state index in [4.69, 9.17) is 10.8 Å². The van der Waals surface area contributed by atoms with Gasteiger partial charge < -0.3 is 16.2 Å². The van der Waals surface area contributed by atoms with Crippen molar-refractivity contribution < 1.29 is 5.11 Å². The molecule has 2 rings (SSSR count). The highest BCUT2D eigenvalue weighted by atomic mass is 16.2. The average Bonchev–Trinajstić information content (AvgIpc) is 2.35. The molecule has 3 nitrogen and oxygen atoms in total. The van der Waals surface area contributed by atoms with Crippen LogP contribution >= 0.6 is 0 Å². The Morgan fingerprint density at radius 2 is 1.83 bits per heavy atom. The molecule has 0 saturated heterocycles. The molecule has 0 aliphatic rings. The lowest BCUT2D eigenvalue weighted by molar-refractivity contribution is 0.299. The maximum atomic E-state index is 8.85. The first-order valence-electron chi connectivity index (χ1n) is 6.02. The molecule has 0 radical (unpaired) electrons. The van der Waals surface area contributed by atoms with Crippen LogP contribution in [0.3, 0.4) is 0 Å². The minimum Gasteiger partial charge on any atom is -0.397 e. The summed E-state index contributed by atoms with van der Waals surface area (Å²) in [6, 6.07) is 13.9. The number of aryl methyl sites for hydroxylation is 1. The first-order chi connectivity index (χ1) is 8.69. The number of aliphatic hydroxyl groups is 1. The number of rotatable bonds is 4. The summed E-state index contributed by atoms with van der Waals surface area (Å²) in [5, 5.41) is 12.1. The molecule has 18 heavy (non-hydrogen) atoms. The largest absolute Gasteiger partial charge is 0.397 e. The number of hydrogen-bond acceptors (Lipinski definition) is 3. The Balaban J connectivity index is 2.13. The molecule has 0 atom stereocenters. The summed E-state index contributed by atoms with van der Waals surface area (Å²) in [4.78, 5) is 0. The maximum absolute atomic E-state index is 8.85. The van der Waals surface area contributed by atoms with Gasteiger partial charge in [0.05, 0.1) is 11.4 Å². The fraction of sp³-hybridized carbons (Fsp3) is 0.200. The lowest BCUT2D eigenvalue weighted by Crippen LogP contribution is -1.97. The van der Waals surface area contributed by atoms with Gasteiger partial charge in [-0.15, -0.1) is 0 Å². The number of nitrogens with one attached hydrogen (secondary N) is 1. The second-order valence-electron chi connectivity index (χ2n) is 4.39. The van der Waals surface area contributed by atoms with Gasteiger partial charge in [0.1, 0.15) is 0 Å². The molecule has 2 aromatic carbocycles. The molecule has 0 aliphatic carbocycles. The minimum atomic E-state index is 0.178. The van der Waals surface area contributed by atoms with Crippen LogP contribution in [0.5, 0.6) is 0 Å². The Bertz CT molecular complexity index is 521. The highest BCUT2D eigenvalue weighted by Gasteiger charge is 2.00. The first kappa shape index (κ1) is 12.5. The molecule has 3 heteroatoms. The van der Waals surface area contributed by atoms with Crippen molar-refractivity contribution in [3.05, 3.63) is 53.6 Å². The molecule has 0 saturated carbocycles. The molecule has 0 fully saturated rings. The zero-order valence-corrected chi connectivity index (χ0v) is 10.5. The summed E-state index contributed by atoms with van der Waals surface area (Å²) in [7, 11) is 0. The maximum Gasteiger partial charge on any atom is 0.0618 e. The lowest BCUT2D eigenvalue weighted by Gasteiger charge is -2.10. The van der Waals surface area contributed by atoms with E-state index in [2.05, 4.69) is 5.32 Å². The normalized spacial score (nSPS) is 10.3. The van der Waals surface area contributed by atoms with Gasteiger partial charge in [0, 0.05) is 12.3 Å². The zero-order chi connectivity index (χ0) is 13.0. The van der Waals surface area contributed by atoms with Gasteiger partial charge in [0.15, 0.2) is 0 Å². The lowest BCUT2D eigenvalue weighted by atomic mass is 10.1. The summed E-state index contributed by atoms with van der Waals surface area (Å²) in [5.41, 5.74) is 10.9. The standard InChI is InChI=1S/C15H18N2O/c1-11-2-7-15(14(16)10-11)17-13-5-3-12(4-6-13)8-9-18/h2-7,10,17-18H,8-9,16H2,1H3. The monoisotopic (exact) mass is 242 g/mol. The number of anilines is 3. The Morgan fingerprint density at radius 1 is 1.11 bits per heavy atom. The van der Waals surface area contributed by atoms with Crippen LogP contribution < -0.4 is 11.1 Å². The molecular weight excluding hydrogens is 224 g/mol. The average molecular weight is 242 g/mol. The van der Waals surface area contributed by atoms with Crippen molar-refractivity contribution in [2.45, 2.75) is 13.3 Å². The van der Waals surface area contributed by atoms with E-state index < -0.39 is 0 Å². The molecule has 0 amide bonds. The number of nitrogen functional groups attached to an aromatic ring is 1. The minimum absolute atomic E-state index is 0.178. The molecule has 0 heterocycles. The molecule has 94 valence electrons. The van der Waals surface area contributed by atoms with E-state index in [-0.39, 0.29) is 6.61 Å². The Morgan fingerprint density at radius 3 is 2.44 bits per heavy atom. The van der Waals surface area contributed by atoms with Crippen LogP contribution in [0.15, 0.2) is 42.5 Å². The van der Waals surface area contributed by atoms with Crippen molar-refractivity contribution in [2.75, 3.05) is 17.7 Å². The highest BCUT2D eigenvalue weighted by Crippen LogP contribution is 2.24. The third-order valence-electron chi connectivity index (χ3n) is 2.84. The topological polar surface area (TPSA) is 58.3 Å². The van der Waals surface area contributed by atoms with Gasteiger partial charge in [-0.25, -0.2) is 0 Å². The van der Waals surface area contributed by atoms with Gasteiger partial charge in [-0.1, -0.05) is 18.2 Å². The number of aliphatic hydroxyl groups excluding tert-OH is 1. The van der Waals surface area contributed by atoms with E-state index in [0.717, 1.165) is 28.2 Å². The molecular formula is C15H18N2O. The van der Waals surface area contributed by atoms with Gasteiger partial charge in [-0.05, 0) is 48.7 Å². The summed E-state index contributed by atoms with van der Waals surface area (Å²) >= 11 is 0. The molecule has 0 spiro atoms. The third-order valence-corrected chi connectivity index (χ3v) is 2.84. The molecule has 0 aliphatic heterocycles. The Kier molecular flexibility index (Phi) is 3.85. The quantitative estimate of drug-likeness (QED) is 0.722. The molecule has 0 bridgehead atoms. The number of hydrogen-bond donors (Lipinski definition) is 3. The Labute approximate surface area is 107 Å². The number of benzene rings is 2. The SMILES string of the molecule is Cc1ccc(Nc2ccc(CCO)cc2)c(N)c1. The van der Waals surface area contributed by atoms with Crippen molar-refractivity contribution in [3.8, 4) is 0 Å². The van der Waals surface area contributed by atoms with E-state index in [1.165, 1.54) is 0 Å². The van der Waals surface area contributed by atoms with Crippen LogP contribution in [0.1, 0.15) is 11.1 Å². The summed E-state index contributed by atoms with van der Waals surface area (Å²) in [6.07, 6.45) is 0.687. The van der Waals surface area contributed by atoms with Crippen molar-refractivity contribution in [2.24, 2.45) is 0 Å². The molecule has 4 N–H and O–H groups in total. The van der Waals surface area contributed by atoms with E-state index >= 15 is 0 Å². The fourth-order valence-corrected chi connectivity index (χ4v) is 1.84. The van der Waals surface area contributed by atoms with Crippen molar-refractivity contribution in [1.82, 2.24) is 0 Å². The highest BCUT2D eigenvalue weighted by molar-refractivity contribution is 5.73. The second kappa shape index (κ2) is 5.56. The van der Waals surface area contributed by atoms with Crippen LogP contribution in [0, 0.1) is 6.92 Å². The van der Waals surface area contributed by atoms with Gasteiger partial charge in [-0.2, -0.15) is 0 Å². The van der Waals surface area contributed by atoms with Gasteiger partial charge in [-0.3, -0.25) is 0 Å². The van der Waals surface area contributed by atoms with E-state index in [9.17, 15) is 0 Å². The predicted molar refractivity (Wildman–Crippen MR) is 76.1 cm³/mol. The summed E-state index contributed by atoms with van der Waals surface area (Å²) < 4.78 is 0. The van der Waals surface area contributed by atoms with Crippen LogP contribution in [0.2, 0.25) is 0 Å². The summed E-state index contributed by atoms with van der Waals surface area (Å²) in [6.45, 7) is 2.20. The van der Waals surface area contributed by atoms with Gasteiger partial charge in [0.2, 0.25) is 0 Å². The smallest absolute Gasteiger partial charge is 0.0618 e.